The lowest BCUT2D eigenvalue weighted by molar-refractivity contribution is 0.106. The van der Waals surface area contributed by atoms with Crippen molar-refractivity contribution in [1.29, 1.82) is 0 Å². The highest BCUT2D eigenvalue weighted by atomic mass is 32.1. The molecule has 1 aromatic heterocycles. The van der Waals surface area contributed by atoms with E-state index in [2.05, 4.69) is 0 Å². The molecule has 0 amide bonds. The van der Waals surface area contributed by atoms with E-state index in [-0.39, 0.29) is 5.82 Å². The zero-order chi connectivity index (χ0) is 12.6. The second kappa shape index (κ2) is 4.24. The van der Waals surface area contributed by atoms with Crippen LogP contribution in [0.25, 0.3) is 0 Å². The minimum absolute atomic E-state index is 0.244. The third-order valence-electron chi connectivity index (χ3n) is 2.94. The van der Waals surface area contributed by atoms with Gasteiger partial charge in [0.1, 0.15) is 11.4 Å². The van der Waals surface area contributed by atoms with Crippen LogP contribution >= 0.6 is 11.3 Å². The van der Waals surface area contributed by atoms with Crippen molar-refractivity contribution in [2.24, 2.45) is 0 Å². The summed E-state index contributed by atoms with van der Waals surface area (Å²) >= 11 is 1.56. The fraction of sp³-hybridized carbons (Fsp3) is 0.286. The molecule has 1 nitrogen and oxygen atoms in total. The first kappa shape index (κ1) is 12.3. The van der Waals surface area contributed by atoms with E-state index in [0.717, 1.165) is 15.3 Å². The number of rotatable bonds is 2. The Labute approximate surface area is 105 Å². The Kier molecular flexibility index (Phi) is 3.06. The molecule has 1 aromatic carbocycles. The van der Waals surface area contributed by atoms with E-state index < -0.39 is 5.60 Å². The van der Waals surface area contributed by atoms with Gasteiger partial charge >= 0.3 is 0 Å². The molecule has 2 rings (SSSR count). The largest absolute Gasteiger partial charge is 0.380 e. The van der Waals surface area contributed by atoms with Crippen molar-refractivity contribution in [3.63, 3.8) is 0 Å². The highest BCUT2D eigenvalue weighted by molar-refractivity contribution is 7.12. The van der Waals surface area contributed by atoms with Gasteiger partial charge in [-0.05, 0) is 56.2 Å². The molecule has 0 aliphatic rings. The predicted molar refractivity (Wildman–Crippen MR) is 68.9 cm³/mol. The van der Waals surface area contributed by atoms with Crippen LogP contribution in [0.4, 0.5) is 4.39 Å². The van der Waals surface area contributed by atoms with Gasteiger partial charge in [-0.15, -0.1) is 11.3 Å². The first-order valence-corrected chi connectivity index (χ1v) is 6.29. The van der Waals surface area contributed by atoms with Gasteiger partial charge in [-0.25, -0.2) is 4.39 Å². The molecule has 0 bridgehead atoms. The Morgan fingerprint density at radius 1 is 1.18 bits per heavy atom. The van der Waals surface area contributed by atoms with Crippen LogP contribution in [0.5, 0.6) is 0 Å². The first-order valence-electron chi connectivity index (χ1n) is 5.47. The molecule has 90 valence electrons. The Hall–Kier alpha value is -1.19. The number of hydrogen-bond acceptors (Lipinski definition) is 2. The maximum absolute atomic E-state index is 13.2. The molecular formula is C14H15FOS. The van der Waals surface area contributed by atoms with Crippen LogP contribution < -0.4 is 0 Å². The Balaban J connectivity index is 2.47. The molecule has 17 heavy (non-hydrogen) atoms. The number of benzene rings is 1. The molecular weight excluding hydrogens is 235 g/mol. The third kappa shape index (κ3) is 2.26. The fourth-order valence-electron chi connectivity index (χ4n) is 1.79. The maximum Gasteiger partial charge on any atom is 0.126 e. The average Bonchev–Trinajstić information content (AvgIpc) is 2.69. The van der Waals surface area contributed by atoms with E-state index >= 15 is 0 Å². The maximum atomic E-state index is 13.2. The van der Waals surface area contributed by atoms with Crippen molar-refractivity contribution in [3.8, 4) is 0 Å². The number of hydrogen-bond donors (Lipinski definition) is 1. The van der Waals surface area contributed by atoms with Gasteiger partial charge in [-0.1, -0.05) is 6.07 Å². The average molecular weight is 250 g/mol. The van der Waals surface area contributed by atoms with Crippen molar-refractivity contribution >= 4 is 11.3 Å². The zero-order valence-corrected chi connectivity index (χ0v) is 10.9. The first-order chi connectivity index (χ1) is 7.91. The molecule has 1 unspecified atom stereocenters. The Bertz CT molecular complexity index is 543. The van der Waals surface area contributed by atoms with Crippen LogP contribution in [0.2, 0.25) is 0 Å². The van der Waals surface area contributed by atoms with Crippen LogP contribution in [0.3, 0.4) is 0 Å². The molecule has 0 radical (unpaired) electrons. The summed E-state index contributed by atoms with van der Waals surface area (Å²) in [4.78, 5) is 2.03. The SMILES string of the molecule is Cc1ccc(C(C)(O)c2ccc(F)c(C)c2)s1. The van der Waals surface area contributed by atoms with E-state index in [4.69, 9.17) is 0 Å². The predicted octanol–water partition coefficient (Wildman–Crippen LogP) is 3.76. The van der Waals surface area contributed by atoms with Crippen LogP contribution in [0.15, 0.2) is 30.3 Å². The molecule has 0 aliphatic heterocycles. The quantitative estimate of drug-likeness (QED) is 0.860. The molecule has 1 N–H and O–H groups in total. The summed E-state index contributed by atoms with van der Waals surface area (Å²) in [5, 5.41) is 10.6. The normalized spacial score (nSPS) is 14.6. The smallest absolute Gasteiger partial charge is 0.126 e. The van der Waals surface area contributed by atoms with Gasteiger partial charge in [0.25, 0.3) is 0 Å². The molecule has 0 saturated heterocycles. The molecule has 2 aromatic rings. The highest BCUT2D eigenvalue weighted by Crippen LogP contribution is 2.34. The molecule has 0 spiro atoms. The molecule has 3 heteroatoms. The van der Waals surface area contributed by atoms with Crippen molar-refractivity contribution in [2.45, 2.75) is 26.4 Å². The van der Waals surface area contributed by atoms with E-state index in [1.165, 1.54) is 6.07 Å². The Morgan fingerprint density at radius 3 is 2.41 bits per heavy atom. The molecule has 1 atom stereocenters. The van der Waals surface area contributed by atoms with Gasteiger partial charge < -0.3 is 5.11 Å². The monoisotopic (exact) mass is 250 g/mol. The standard InChI is InChI=1S/C14H15FOS/c1-9-8-11(5-6-12(9)15)14(3,16)13-7-4-10(2)17-13/h4-8,16H,1-3H3. The van der Waals surface area contributed by atoms with Gasteiger partial charge in [-0.3, -0.25) is 0 Å². The molecule has 0 aliphatic carbocycles. The van der Waals surface area contributed by atoms with Gasteiger partial charge in [0.15, 0.2) is 0 Å². The van der Waals surface area contributed by atoms with Crippen LogP contribution in [-0.2, 0) is 5.60 Å². The number of aliphatic hydroxyl groups is 1. The summed E-state index contributed by atoms with van der Waals surface area (Å²) < 4.78 is 13.2. The van der Waals surface area contributed by atoms with Gasteiger partial charge in [0, 0.05) is 9.75 Å². The van der Waals surface area contributed by atoms with E-state index in [1.807, 2.05) is 19.1 Å². The molecule has 1 heterocycles. The van der Waals surface area contributed by atoms with E-state index in [9.17, 15) is 9.50 Å². The van der Waals surface area contributed by atoms with Crippen molar-refractivity contribution in [3.05, 3.63) is 57.0 Å². The number of halogens is 1. The van der Waals surface area contributed by atoms with E-state index in [1.54, 1.807) is 37.3 Å². The third-order valence-corrected chi connectivity index (χ3v) is 4.15. The topological polar surface area (TPSA) is 20.2 Å². The summed E-state index contributed by atoms with van der Waals surface area (Å²) in [6, 6.07) is 8.63. The Morgan fingerprint density at radius 2 is 1.88 bits per heavy atom. The summed E-state index contributed by atoms with van der Waals surface area (Å²) in [6.45, 7) is 5.44. The van der Waals surface area contributed by atoms with Crippen LogP contribution in [0, 0.1) is 19.7 Å². The zero-order valence-electron chi connectivity index (χ0n) is 10.1. The lowest BCUT2D eigenvalue weighted by Gasteiger charge is -2.23. The van der Waals surface area contributed by atoms with Crippen molar-refractivity contribution < 1.29 is 9.50 Å². The van der Waals surface area contributed by atoms with Gasteiger partial charge in [0.05, 0.1) is 0 Å². The van der Waals surface area contributed by atoms with Gasteiger partial charge in [-0.2, -0.15) is 0 Å². The van der Waals surface area contributed by atoms with Crippen LogP contribution in [0.1, 0.15) is 27.8 Å². The number of aryl methyl sites for hydroxylation is 2. The summed E-state index contributed by atoms with van der Waals surface area (Å²) in [5.41, 5.74) is 0.214. The van der Waals surface area contributed by atoms with Gasteiger partial charge in [0.2, 0.25) is 0 Å². The van der Waals surface area contributed by atoms with Crippen molar-refractivity contribution in [2.75, 3.05) is 0 Å². The summed E-state index contributed by atoms with van der Waals surface area (Å²) in [6.07, 6.45) is 0. The lowest BCUT2D eigenvalue weighted by Crippen LogP contribution is -2.21. The molecule has 0 saturated carbocycles. The second-order valence-corrected chi connectivity index (χ2v) is 5.73. The summed E-state index contributed by atoms with van der Waals surface area (Å²) in [5.74, 6) is -0.244. The lowest BCUT2D eigenvalue weighted by atomic mass is 9.93. The minimum atomic E-state index is -1.06. The van der Waals surface area contributed by atoms with E-state index in [0.29, 0.717) is 5.56 Å². The summed E-state index contributed by atoms with van der Waals surface area (Å²) in [7, 11) is 0. The molecule has 0 fully saturated rings. The highest BCUT2D eigenvalue weighted by Gasteiger charge is 2.27. The number of thiophene rings is 1. The second-order valence-electron chi connectivity index (χ2n) is 4.45. The fourth-order valence-corrected chi connectivity index (χ4v) is 2.72. The van der Waals surface area contributed by atoms with Crippen molar-refractivity contribution in [1.82, 2.24) is 0 Å². The van der Waals surface area contributed by atoms with Crippen LogP contribution in [-0.4, -0.2) is 5.11 Å². The minimum Gasteiger partial charge on any atom is -0.380 e.